The van der Waals surface area contributed by atoms with Gasteiger partial charge in [0, 0.05) is 19.2 Å². The molecule has 0 aliphatic carbocycles. The first kappa shape index (κ1) is 16.0. The molecule has 22 heavy (non-hydrogen) atoms. The van der Waals surface area contributed by atoms with E-state index in [1.807, 2.05) is 19.1 Å². The molecule has 6 nitrogen and oxygen atoms in total. The maximum atomic E-state index is 12.1. The normalized spacial score (nSPS) is 18.4. The number of nitrogens with two attached hydrogens (primary N) is 1. The lowest BCUT2D eigenvalue weighted by molar-refractivity contribution is -0.132. The van der Waals surface area contributed by atoms with E-state index in [1.54, 1.807) is 29.2 Å². The first-order valence-corrected chi connectivity index (χ1v) is 7.14. The third-order valence-corrected chi connectivity index (χ3v) is 3.23. The Balaban J connectivity index is 1.89. The Morgan fingerprint density at radius 2 is 2.14 bits per heavy atom. The Hall–Kier alpha value is -2.34. The maximum Gasteiger partial charge on any atom is 0.255 e. The van der Waals surface area contributed by atoms with E-state index in [9.17, 15) is 9.59 Å². The molecule has 1 heterocycles. The van der Waals surface area contributed by atoms with Crippen molar-refractivity contribution in [3.63, 3.8) is 0 Å². The van der Waals surface area contributed by atoms with E-state index in [-0.39, 0.29) is 18.6 Å². The number of rotatable bonds is 5. The van der Waals surface area contributed by atoms with Crippen molar-refractivity contribution < 1.29 is 19.1 Å². The van der Waals surface area contributed by atoms with Crippen LogP contribution >= 0.6 is 0 Å². The zero-order valence-corrected chi connectivity index (χ0v) is 12.5. The summed E-state index contributed by atoms with van der Waals surface area (Å²) in [6.07, 6.45) is 3.38. The highest BCUT2D eigenvalue weighted by atomic mass is 16.5. The number of amides is 2. The molecule has 1 saturated heterocycles. The van der Waals surface area contributed by atoms with Crippen LogP contribution in [0.15, 0.2) is 30.3 Å². The Labute approximate surface area is 129 Å². The summed E-state index contributed by atoms with van der Waals surface area (Å²) in [7, 11) is 0. The molecule has 0 radical (unpaired) electrons. The molecule has 1 aliphatic rings. The predicted molar refractivity (Wildman–Crippen MR) is 82.2 cm³/mol. The van der Waals surface area contributed by atoms with Gasteiger partial charge in [0.05, 0.1) is 12.7 Å². The van der Waals surface area contributed by atoms with Crippen LogP contribution in [0.1, 0.15) is 12.5 Å². The highest BCUT2D eigenvalue weighted by Gasteiger charge is 2.19. The van der Waals surface area contributed by atoms with Crippen molar-refractivity contribution in [1.29, 1.82) is 0 Å². The first-order chi connectivity index (χ1) is 10.5. The third-order valence-electron chi connectivity index (χ3n) is 3.23. The number of nitrogens with zero attached hydrogens (tertiary/aromatic N) is 1. The number of hydrogen-bond acceptors (Lipinski definition) is 4. The molecular weight excluding hydrogens is 284 g/mol. The fourth-order valence-corrected chi connectivity index (χ4v) is 2.12. The van der Waals surface area contributed by atoms with E-state index in [0.717, 1.165) is 5.56 Å². The van der Waals surface area contributed by atoms with Gasteiger partial charge in [0.2, 0.25) is 5.91 Å². The zero-order chi connectivity index (χ0) is 15.9. The molecule has 1 aromatic rings. The van der Waals surface area contributed by atoms with Gasteiger partial charge in [0.15, 0.2) is 6.61 Å². The smallest absolute Gasteiger partial charge is 0.255 e. The quantitative estimate of drug-likeness (QED) is 0.816. The van der Waals surface area contributed by atoms with Crippen LogP contribution in [0.4, 0.5) is 0 Å². The molecule has 6 heteroatoms. The standard InChI is InChI=1S/C16H20N2O4/c1-12-10-18(8-9-21-12)16(20)7-4-13-2-5-14(6-3-13)22-11-15(17)19/h2-7,12H,8-11H2,1H3,(H2,17,19)/b7-4-/t12-/m1/s1. The summed E-state index contributed by atoms with van der Waals surface area (Å²) in [4.78, 5) is 24.5. The van der Waals surface area contributed by atoms with Crippen LogP contribution in [-0.4, -0.2) is 49.1 Å². The van der Waals surface area contributed by atoms with Crippen molar-refractivity contribution in [1.82, 2.24) is 4.90 Å². The summed E-state index contributed by atoms with van der Waals surface area (Å²) < 4.78 is 10.6. The maximum absolute atomic E-state index is 12.1. The molecule has 2 rings (SSSR count). The van der Waals surface area contributed by atoms with E-state index in [0.29, 0.717) is 25.4 Å². The summed E-state index contributed by atoms with van der Waals surface area (Å²) >= 11 is 0. The van der Waals surface area contributed by atoms with Crippen molar-refractivity contribution in [2.45, 2.75) is 13.0 Å². The second kappa shape index (κ2) is 7.61. The van der Waals surface area contributed by atoms with Crippen molar-refractivity contribution in [3.05, 3.63) is 35.9 Å². The van der Waals surface area contributed by atoms with Crippen molar-refractivity contribution in [2.24, 2.45) is 5.73 Å². The molecule has 0 bridgehead atoms. The number of morpholine rings is 1. The fraction of sp³-hybridized carbons (Fsp3) is 0.375. The van der Waals surface area contributed by atoms with E-state index < -0.39 is 5.91 Å². The minimum atomic E-state index is -0.519. The highest BCUT2D eigenvalue weighted by molar-refractivity contribution is 5.91. The van der Waals surface area contributed by atoms with Gasteiger partial charge < -0.3 is 20.1 Å². The molecule has 1 aliphatic heterocycles. The average Bonchev–Trinajstić information content (AvgIpc) is 2.51. The van der Waals surface area contributed by atoms with E-state index in [1.165, 1.54) is 0 Å². The van der Waals surface area contributed by atoms with Gasteiger partial charge >= 0.3 is 0 Å². The Bertz CT molecular complexity index is 554. The number of hydrogen-bond donors (Lipinski definition) is 1. The molecule has 1 aromatic carbocycles. The number of ether oxygens (including phenoxy) is 2. The summed E-state index contributed by atoms with van der Waals surface area (Å²) in [6.45, 7) is 3.61. The van der Waals surface area contributed by atoms with Crippen LogP contribution in [0.3, 0.4) is 0 Å². The van der Waals surface area contributed by atoms with E-state index in [2.05, 4.69) is 0 Å². The van der Waals surface area contributed by atoms with Gasteiger partial charge in [-0.25, -0.2) is 0 Å². The zero-order valence-electron chi connectivity index (χ0n) is 12.5. The molecular formula is C16H20N2O4. The molecule has 0 aromatic heterocycles. The average molecular weight is 304 g/mol. The second-order valence-electron chi connectivity index (χ2n) is 5.12. The lowest BCUT2D eigenvalue weighted by atomic mass is 10.2. The van der Waals surface area contributed by atoms with Gasteiger partial charge in [-0.1, -0.05) is 12.1 Å². The van der Waals surface area contributed by atoms with Crippen LogP contribution in [0.5, 0.6) is 5.75 Å². The number of carbonyl (C=O) groups is 2. The minimum Gasteiger partial charge on any atom is -0.484 e. The number of benzene rings is 1. The largest absolute Gasteiger partial charge is 0.484 e. The monoisotopic (exact) mass is 304 g/mol. The molecule has 0 spiro atoms. The van der Waals surface area contributed by atoms with Gasteiger partial charge in [0.1, 0.15) is 5.75 Å². The van der Waals surface area contributed by atoms with Crippen LogP contribution in [0.25, 0.3) is 6.08 Å². The Morgan fingerprint density at radius 3 is 2.77 bits per heavy atom. The number of carbonyl (C=O) groups excluding carboxylic acids is 2. The van der Waals surface area contributed by atoms with Gasteiger partial charge in [-0.05, 0) is 30.7 Å². The predicted octanol–water partition coefficient (Wildman–Crippen LogP) is 0.811. The van der Waals surface area contributed by atoms with Crippen molar-refractivity contribution in [3.8, 4) is 5.75 Å². The molecule has 1 atom stereocenters. The lowest BCUT2D eigenvalue weighted by Crippen LogP contribution is -2.43. The SMILES string of the molecule is C[C@@H]1CN(C(=O)/C=C\c2ccc(OCC(N)=O)cc2)CCO1. The van der Waals surface area contributed by atoms with E-state index in [4.69, 9.17) is 15.2 Å². The van der Waals surface area contributed by atoms with Gasteiger partial charge in [0.25, 0.3) is 5.91 Å². The minimum absolute atomic E-state index is 0.0239. The molecule has 0 saturated carbocycles. The van der Waals surface area contributed by atoms with E-state index >= 15 is 0 Å². The van der Waals surface area contributed by atoms with Crippen molar-refractivity contribution >= 4 is 17.9 Å². The molecule has 118 valence electrons. The second-order valence-corrected chi connectivity index (χ2v) is 5.12. The van der Waals surface area contributed by atoms with Crippen LogP contribution < -0.4 is 10.5 Å². The topological polar surface area (TPSA) is 81.9 Å². The Kier molecular flexibility index (Phi) is 5.55. The lowest BCUT2D eigenvalue weighted by Gasteiger charge is -2.30. The molecule has 1 fully saturated rings. The van der Waals surface area contributed by atoms with Gasteiger partial charge in [-0.3, -0.25) is 9.59 Å². The van der Waals surface area contributed by atoms with Crippen LogP contribution in [0.2, 0.25) is 0 Å². The Morgan fingerprint density at radius 1 is 1.41 bits per heavy atom. The summed E-state index contributed by atoms with van der Waals surface area (Å²) in [6, 6.07) is 7.07. The van der Waals surface area contributed by atoms with Gasteiger partial charge in [-0.15, -0.1) is 0 Å². The molecule has 0 unspecified atom stereocenters. The third kappa shape index (κ3) is 4.89. The molecule has 2 N–H and O–H groups in total. The number of primary amides is 1. The molecule has 2 amide bonds. The first-order valence-electron chi connectivity index (χ1n) is 7.14. The van der Waals surface area contributed by atoms with Gasteiger partial charge in [-0.2, -0.15) is 0 Å². The summed E-state index contributed by atoms with van der Waals surface area (Å²) in [5, 5.41) is 0. The fourth-order valence-electron chi connectivity index (χ4n) is 2.12. The van der Waals surface area contributed by atoms with Crippen LogP contribution in [0, 0.1) is 0 Å². The van der Waals surface area contributed by atoms with Crippen LogP contribution in [-0.2, 0) is 14.3 Å². The summed E-state index contributed by atoms with van der Waals surface area (Å²) in [5.74, 6) is 0.0165. The summed E-state index contributed by atoms with van der Waals surface area (Å²) in [5.41, 5.74) is 5.88. The highest BCUT2D eigenvalue weighted by Crippen LogP contribution is 2.13. The van der Waals surface area contributed by atoms with Crippen molar-refractivity contribution in [2.75, 3.05) is 26.3 Å².